The van der Waals surface area contributed by atoms with E-state index in [9.17, 15) is 9.59 Å². The summed E-state index contributed by atoms with van der Waals surface area (Å²) >= 11 is 0. The first-order valence-corrected chi connectivity index (χ1v) is 8.72. The Morgan fingerprint density at radius 1 is 1.27 bits per heavy atom. The number of hydrogen-bond acceptors (Lipinski definition) is 3. The van der Waals surface area contributed by atoms with Gasteiger partial charge in [-0.05, 0) is 30.4 Å². The highest BCUT2D eigenvalue weighted by molar-refractivity contribution is 6.08. The van der Waals surface area contributed by atoms with Crippen molar-refractivity contribution >= 4 is 22.6 Å². The highest BCUT2D eigenvalue weighted by atomic mass is 16.5. The van der Waals surface area contributed by atoms with Crippen LogP contribution < -0.4 is 10.1 Å². The Kier molecular flexibility index (Phi) is 5.43. The van der Waals surface area contributed by atoms with Gasteiger partial charge < -0.3 is 15.0 Å². The maximum atomic E-state index is 13.1. The molecule has 0 radical (unpaired) electrons. The first kappa shape index (κ1) is 17.8. The van der Waals surface area contributed by atoms with E-state index in [0.29, 0.717) is 18.7 Å². The molecule has 2 amide bonds. The number of amides is 2. The molecule has 1 aliphatic rings. The molecule has 0 aliphatic carbocycles. The summed E-state index contributed by atoms with van der Waals surface area (Å²) in [6.07, 6.45) is 6.76. The Balaban J connectivity index is 1.84. The minimum absolute atomic E-state index is 0.0571. The lowest BCUT2D eigenvalue weighted by Gasteiger charge is -2.32. The normalized spacial score (nSPS) is 16.8. The highest BCUT2D eigenvalue weighted by Gasteiger charge is 2.29. The van der Waals surface area contributed by atoms with Crippen LogP contribution in [0.25, 0.3) is 10.8 Å². The standard InChI is InChI=1S/C21H22N2O3/c1-3-12-22-20(24)15-7-6-13-23(14-15)21(25)18-10-11-19(26-2)17-9-5-4-8-16(17)18/h1,4-5,8-11,15H,6-7,12-14H2,2H3,(H,22,24)/t15-/m0/s1. The molecule has 1 saturated heterocycles. The molecule has 0 saturated carbocycles. The molecule has 5 nitrogen and oxygen atoms in total. The Hall–Kier alpha value is -3.00. The van der Waals surface area contributed by atoms with Crippen molar-refractivity contribution in [3.63, 3.8) is 0 Å². The first-order valence-electron chi connectivity index (χ1n) is 8.72. The molecule has 0 spiro atoms. The van der Waals surface area contributed by atoms with E-state index in [1.165, 1.54) is 0 Å². The zero-order chi connectivity index (χ0) is 18.5. The predicted octanol–water partition coefficient (Wildman–Crippen LogP) is 2.45. The third-order valence-corrected chi connectivity index (χ3v) is 4.78. The first-order chi connectivity index (χ1) is 12.7. The third kappa shape index (κ3) is 3.50. The number of fused-ring (bicyclic) bond motifs is 1. The van der Waals surface area contributed by atoms with Crippen molar-refractivity contribution in [1.82, 2.24) is 10.2 Å². The minimum Gasteiger partial charge on any atom is -0.496 e. The number of carbonyl (C=O) groups excluding carboxylic acids is 2. The fourth-order valence-corrected chi connectivity index (χ4v) is 3.46. The number of rotatable bonds is 4. The molecule has 0 bridgehead atoms. The molecule has 2 aromatic rings. The summed E-state index contributed by atoms with van der Waals surface area (Å²) in [4.78, 5) is 27.1. The number of carbonyl (C=O) groups is 2. The topological polar surface area (TPSA) is 58.6 Å². The molecule has 1 aliphatic heterocycles. The van der Waals surface area contributed by atoms with Crippen LogP contribution in [0.2, 0.25) is 0 Å². The van der Waals surface area contributed by atoms with Crippen molar-refractivity contribution in [3.05, 3.63) is 42.0 Å². The van der Waals surface area contributed by atoms with Crippen molar-refractivity contribution < 1.29 is 14.3 Å². The van der Waals surface area contributed by atoms with Gasteiger partial charge in [0, 0.05) is 24.0 Å². The van der Waals surface area contributed by atoms with Gasteiger partial charge in [0.25, 0.3) is 5.91 Å². The van der Waals surface area contributed by atoms with Gasteiger partial charge in [-0.15, -0.1) is 6.42 Å². The van der Waals surface area contributed by atoms with Crippen molar-refractivity contribution in [2.75, 3.05) is 26.7 Å². The number of likely N-dealkylation sites (tertiary alicyclic amines) is 1. The fourth-order valence-electron chi connectivity index (χ4n) is 3.46. The average Bonchev–Trinajstić information content (AvgIpc) is 2.70. The van der Waals surface area contributed by atoms with Crippen LogP contribution in [-0.2, 0) is 4.79 Å². The maximum Gasteiger partial charge on any atom is 0.254 e. The number of methoxy groups -OCH3 is 1. The minimum atomic E-state index is -0.217. The lowest BCUT2D eigenvalue weighted by atomic mass is 9.95. The lowest BCUT2D eigenvalue weighted by Crippen LogP contribution is -2.45. The number of benzene rings is 2. The smallest absolute Gasteiger partial charge is 0.254 e. The number of nitrogens with one attached hydrogen (secondary N) is 1. The van der Waals surface area contributed by atoms with Crippen LogP contribution in [0, 0.1) is 18.3 Å². The second-order valence-corrected chi connectivity index (χ2v) is 6.37. The lowest BCUT2D eigenvalue weighted by molar-refractivity contribution is -0.126. The van der Waals surface area contributed by atoms with E-state index in [1.807, 2.05) is 30.3 Å². The quantitative estimate of drug-likeness (QED) is 0.862. The zero-order valence-corrected chi connectivity index (χ0v) is 14.8. The molecule has 1 fully saturated rings. The van der Waals surface area contributed by atoms with Crippen LogP contribution in [0.15, 0.2) is 36.4 Å². The Morgan fingerprint density at radius 3 is 2.77 bits per heavy atom. The number of piperidine rings is 1. The second kappa shape index (κ2) is 7.92. The Morgan fingerprint density at radius 2 is 2.04 bits per heavy atom. The van der Waals surface area contributed by atoms with Crippen LogP contribution in [0.4, 0.5) is 0 Å². The van der Waals surface area contributed by atoms with Gasteiger partial charge in [-0.25, -0.2) is 0 Å². The van der Waals surface area contributed by atoms with Gasteiger partial charge in [-0.1, -0.05) is 30.2 Å². The van der Waals surface area contributed by atoms with Crippen LogP contribution in [-0.4, -0.2) is 43.5 Å². The molecule has 134 valence electrons. The molecule has 26 heavy (non-hydrogen) atoms. The molecular formula is C21H22N2O3. The van der Waals surface area contributed by atoms with Gasteiger partial charge in [-0.2, -0.15) is 0 Å². The zero-order valence-electron chi connectivity index (χ0n) is 14.8. The highest BCUT2D eigenvalue weighted by Crippen LogP contribution is 2.30. The SMILES string of the molecule is C#CCNC(=O)[C@H]1CCCN(C(=O)c2ccc(OC)c3ccccc23)C1. The summed E-state index contributed by atoms with van der Waals surface area (Å²) in [6, 6.07) is 11.3. The third-order valence-electron chi connectivity index (χ3n) is 4.78. The molecule has 1 N–H and O–H groups in total. The average molecular weight is 350 g/mol. The molecule has 0 aromatic heterocycles. The number of terminal acetylenes is 1. The van der Waals surface area contributed by atoms with Gasteiger partial charge >= 0.3 is 0 Å². The van der Waals surface area contributed by atoms with Crippen LogP contribution in [0.5, 0.6) is 5.75 Å². The van der Waals surface area contributed by atoms with Crippen molar-refractivity contribution in [3.8, 4) is 18.1 Å². The molecular weight excluding hydrogens is 328 g/mol. The van der Waals surface area contributed by atoms with Gasteiger partial charge in [0.2, 0.25) is 5.91 Å². The Bertz CT molecular complexity index is 869. The fraction of sp³-hybridized carbons (Fsp3) is 0.333. The van der Waals surface area contributed by atoms with E-state index in [-0.39, 0.29) is 24.3 Å². The van der Waals surface area contributed by atoms with E-state index >= 15 is 0 Å². The number of ether oxygens (including phenoxy) is 1. The number of hydrogen-bond donors (Lipinski definition) is 1. The Labute approximate surface area is 153 Å². The summed E-state index contributed by atoms with van der Waals surface area (Å²) in [6.45, 7) is 1.28. The summed E-state index contributed by atoms with van der Waals surface area (Å²) in [5.74, 6) is 2.78. The molecule has 0 unspecified atom stereocenters. The van der Waals surface area contributed by atoms with Crippen molar-refractivity contribution in [2.24, 2.45) is 5.92 Å². The summed E-state index contributed by atoms with van der Waals surface area (Å²) in [7, 11) is 1.62. The van der Waals surface area contributed by atoms with Gasteiger partial charge in [0.05, 0.1) is 19.6 Å². The van der Waals surface area contributed by atoms with Gasteiger partial charge in [0.15, 0.2) is 0 Å². The van der Waals surface area contributed by atoms with Gasteiger partial charge in [-0.3, -0.25) is 9.59 Å². The molecule has 5 heteroatoms. The summed E-state index contributed by atoms with van der Waals surface area (Å²) in [5, 5.41) is 4.48. The van der Waals surface area contributed by atoms with E-state index in [1.54, 1.807) is 18.1 Å². The largest absolute Gasteiger partial charge is 0.496 e. The van der Waals surface area contributed by atoms with E-state index in [4.69, 9.17) is 11.2 Å². The van der Waals surface area contributed by atoms with E-state index in [2.05, 4.69) is 11.2 Å². The number of nitrogens with zero attached hydrogens (tertiary/aromatic N) is 1. The second-order valence-electron chi connectivity index (χ2n) is 6.37. The predicted molar refractivity (Wildman–Crippen MR) is 101 cm³/mol. The van der Waals surface area contributed by atoms with E-state index < -0.39 is 0 Å². The maximum absolute atomic E-state index is 13.1. The molecule has 3 rings (SSSR count). The van der Waals surface area contributed by atoms with Crippen molar-refractivity contribution in [2.45, 2.75) is 12.8 Å². The van der Waals surface area contributed by atoms with Crippen LogP contribution in [0.1, 0.15) is 23.2 Å². The van der Waals surface area contributed by atoms with Crippen molar-refractivity contribution in [1.29, 1.82) is 0 Å². The summed E-state index contributed by atoms with van der Waals surface area (Å²) < 4.78 is 5.40. The van der Waals surface area contributed by atoms with Crippen LogP contribution >= 0.6 is 0 Å². The van der Waals surface area contributed by atoms with Crippen LogP contribution in [0.3, 0.4) is 0 Å². The molecule has 1 heterocycles. The molecule has 2 aromatic carbocycles. The van der Waals surface area contributed by atoms with E-state index in [0.717, 1.165) is 29.4 Å². The monoisotopic (exact) mass is 350 g/mol. The van der Waals surface area contributed by atoms with Gasteiger partial charge in [0.1, 0.15) is 5.75 Å². The molecule has 1 atom stereocenters. The summed E-state index contributed by atoms with van der Waals surface area (Å²) in [5.41, 5.74) is 0.631.